The van der Waals surface area contributed by atoms with Gasteiger partial charge in [-0.15, -0.1) is 11.3 Å². The Hall–Kier alpha value is -4.50. The molecule has 1 aliphatic heterocycles. The fraction of sp³-hybridized carbons (Fsp3) is 0.111. The largest absolute Gasteiger partial charge is 0.350 e. The van der Waals surface area contributed by atoms with Crippen LogP contribution in [0.25, 0.3) is 17.0 Å². The standard InChI is InChI=1S/C27H22N4O4S/c1-17-6-4-7-19(12-17)31-26(34)22(25(33)29-27(31)35)13-18-15-30(23-10-3-2-9-21(18)23)16-24(32)28-14-20-8-5-11-36-20/h2-13,15H,14,16H2,1H3,(H,28,32)(H,29,33,35). The van der Waals surface area contributed by atoms with E-state index < -0.39 is 17.8 Å². The average Bonchev–Trinajstić information content (AvgIpc) is 3.49. The van der Waals surface area contributed by atoms with Crippen molar-refractivity contribution < 1.29 is 19.2 Å². The van der Waals surface area contributed by atoms with Crippen LogP contribution in [0.5, 0.6) is 0 Å². The molecule has 0 atom stereocenters. The second-order valence-electron chi connectivity index (χ2n) is 8.38. The first-order chi connectivity index (χ1) is 17.4. The van der Waals surface area contributed by atoms with Gasteiger partial charge in [-0.2, -0.15) is 0 Å². The van der Waals surface area contributed by atoms with Crippen molar-refractivity contribution in [1.82, 2.24) is 15.2 Å². The van der Waals surface area contributed by atoms with Gasteiger partial charge in [0, 0.05) is 27.5 Å². The molecule has 0 radical (unpaired) electrons. The molecule has 1 fully saturated rings. The Morgan fingerprint density at radius 3 is 2.67 bits per heavy atom. The first-order valence-electron chi connectivity index (χ1n) is 11.3. The lowest BCUT2D eigenvalue weighted by atomic mass is 10.1. The molecule has 9 heteroatoms. The van der Waals surface area contributed by atoms with E-state index in [0.717, 1.165) is 26.2 Å². The van der Waals surface area contributed by atoms with Gasteiger partial charge in [-0.1, -0.05) is 36.4 Å². The molecule has 2 aromatic carbocycles. The summed E-state index contributed by atoms with van der Waals surface area (Å²) in [6, 6.07) is 17.4. The highest BCUT2D eigenvalue weighted by Gasteiger charge is 2.37. The van der Waals surface area contributed by atoms with E-state index in [4.69, 9.17) is 0 Å². The Bertz CT molecular complexity index is 1530. The Labute approximate surface area is 210 Å². The highest BCUT2D eigenvalue weighted by atomic mass is 32.1. The molecule has 0 unspecified atom stereocenters. The van der Waals surface area contributed by atoms with Crippen molar-refractivity contribution in [3.8, 4) is 0 Å². The number of benzene rings is 2. The Morgan fingerprint density at radius 2 is 1.89 bits per heavy atom. The third kappa shape index (κ3) is 4.56. The van der Waals surface area contributed by atoms with E-state index in [1.54, 1.807) is 40.3 Å². The summed E-state index contributed by atoms with van der Waals surface area (Å²) < 4.78 is 1.78. The maximum atomic E-state index is 13.3. The quantitative estimate of drug-likeness (QED) is 0.310. The molecular weight excluding hydrogens is 476 g/mol. The number of aromatic nitrogens is 1. The van der Waals surface area contributed by atoms with Gasteiger partial charge < -0.3 is 9.88 Å². The Kier molecular flexibility index (Phi) is 6.22. The van der Waals surface area contributed by atoms with Crippen LogP contribution in [0, 0.1) is 6.92 Å². The molecule has 36 heavy (non-hydrogen) atoms. The number of hydrogen-bond acceptors (Lipinski definition) is 5. The van der Waals surface area contributed by atoms with Crippen molar-refractivity contribution in [3.63, 3.8) is 0 Å². The van der Waals surface area contributed by atoms with Crippen molar-refractivity contribution in [3.05, 3.63) is 93.8 Å². The van der Waals surface area contributed by atoms with Gasteiger partial charge in [0.05, 0.1) is 12.2 Å². The van der Waals surface area contributed by atoms with E-state index in [1.807, 2.05) is 54.8 Å². The van der Waals surface area contributed by atoms with Crippen LogP contribution >= 0.6 is 11.3 Å². The second-order valence-corrected chi connectivity index (χ2v) is 9.41. The minimum Gasteiger partial charge on any atom is -0.350 e. The van der Waals surface area contributed by atoms with Gasteiger partial charge in [-0.3, -0.25) is 19.7 Å². The summed E-state index contributed by atoms with van der Waals surface area (Å²) >= 11 is 1.57. The number of carbonyl (C=O) groups is 4. The molecule has 0 aliphatic carbocycles. The number of nitrogens with one attached hydrogen (secondary N) is 2. The van der Waals surface area contributed by atoms with Crippen LogP contribution in [0.15, 0.2) is 77.8 Å². The Balaban J connectivity index is 1.46. The first kappa shape index (κ1) is 23.3. The van der Waals surface area contributed by atoms with Crippen LogP contribution in [-0.4, -0.2) is 28.3 Å². The smallest absolute Gasteiger partial charge is 0.335 e. The maximum absolute atomic E-state index is 13.3. The maximum Gasteiger partial charge on any atom is 0.335 e. The van der Waals surface area contributed by atoms with Crippen molar-refractivity contribution in [2.45, 2.75) is 20.0 Å². The zero-order valence-electron chi connectivity index (χ0n) is 19.4. The minimum atomic E-state index is -0.794. The number of fused-ring (bicyclic) bond motifs is 1. The monoisotopic (exact) mass is 498 g/mol. The number of imide groups is 2. The summed E-state index contributed by atoms with van der Waals surface area (Å²) in [5, 5.41) is 7.89. The number of carbonyl (C=O) groups excluding carboxylic acids is 4. The molecule has 0 bridgehead atoms. The molecule has 2 aromatic heterocycles. The van der Waals surface area contributed by atoms with E-state index in [0.29, 0.717) is 17.8 Å². The van der Waals surface area contributed by atoms with E-state index in [9.17, 15) is 19.2 Å². The molecule has 3 heterocycles. The molecule has 1 aliphatic rings. The third-order valence-electron chi connectivity index (χ3n) is 5.83. The molecular formula is C27H22N4O4S. The van der Waals surface area contributed by atoms with E-state index in [1.165, 1.54) is 6.08 Å². The number of aryl methyl sites for hydroxylation is 1. The van der Waals surface area contributed by atoms with Crippen LogP contribution in [0.2, 0.25) is 0 Å². The van der Waals surface area contributed by atoms with Crippen LogP contribution in [0.4, 0.5) is 10.5 Å². The van der Waals surface area contributed by atoms with Gasteiger partial charge in [-0.25, -0.2) is 9.69 Å². The van der Waals surface area contributed by atoms with Gasteiger partial charge in [0.15, 0.2) is 0 Å². The van der Waals surface area contributed by atoms with Gasteiger partial charge >= 0.3 is 6.03 Å². The molecule has 0 spiro atoms. The molecule has 180 valence electrons. The minimum absolute atomic E-state index is 0.0725. The van der Waals surface area contributed by atoms with Crippen molar-refractivity contribution in [1.29, 1.82) is 0 Å². The topological polar surface area (TPSA) is 101 Å². The summed E-state index contributed by atoms with van der Waals surface area (Å²) in [5.74, 6) is -1.63. The molecule has 1 saturated heterocycles. The van der Waals surface area contributed by atoms with Gasteiger partial charge in [0.2, 0.25) is 5.91 Å². The highest BCUT2D eigenvalue weighted by Crippen LogP contribution is 2.27. The van der Waals surface area contributed by atoms with Crippen LogP contribution in [0.1, 0.15) is 16.0 Å². The number of anilines is 1. The molecule has 5 rings (SSSR count). The number of urea groups is 1. The number of amides is 5. The van der Waals surface area contributed by atoms with E-state index in [-0.39, 0.29) is 18.0 Å². The fourth-order valence-electron chi connectivity index (χ4n) is 4.15. The van der Waals surface area contributed by atoms with Gasteiger partial charge in [0.25, 0.3) is 11.8 Å². The predicted octanol–water partition coefficient (Wildman–Crippen LogP) is 3.99. The number of rotatable bonds is 6. The average molecular weight is 499 g/mol. The summed E-state index contributed by atoms with van der Waals surface area (Å²) in [5.41, 5.74) is 2.46. The van der Waals surface area contributed by atoms with Crippen molar-refractivity contribution in [2.24, 2.45) is 0 Å². The summed E-state index contributed by atoms with van der Waals surface area (Å²) in [6.07, 6.45) is 3.20. The zero-order valence-corrected chi connectivity index (χ0v) is 20.2. The second kappa shape index (κ2) is 9.63. The lowest BCUT2D eigenvalue weighted by molar-refractivity contribution is -0.123. The van der Waals surface area contributed by atoms with Crippen molar-refractivity contribution in [2.75, 3.05) is 4.90 Å². The molecule has 8 nitrogen and oxygen atoms in total. The molecule has 0 saturated carbocycles. The zero-order chi connectivity index (χ0) is 25.2. The Morgan fingerprint density at radius 1 is 1.06 bits per heavy atom. The summed E-state index contributed by atoms with van der Waals surface area (Å²) in [7, 11) is 0. The number of hydrogen-bond donors (Lipinski definition) is 2. The normalized spacial score (nSPS) is 15.0. The summed E-state index contributed by atoms with van der Waals surface area (Å²) in [4.78, 5) is 53.1. The number of nitrogens with zero attached hydrogens (tertiary/aromatic N) is 2. The first-order valence-corrected chi connectivity index (χ1v) is 12.1. The number of para-hydroxylation sites is 1. The number of barbiturate groups is 1. The SMILES string of the molecule is Cc1cccc(N2C(=O)NC(=O)C(=Cc3cn(CC(=O)NCc4cccs4)c4ccccc34)C2=O)c1. The summed E-state index contributed by atoms with van der Waals surface area (Å²) in [6.45, 7) is 2.37. The molecule has 5 amide bonds. The molecule has 2 N–H and O–H groups in total. The number of thiophene rings is 1. The fourth-order valence-corrected chi connectivity index (χ4v) is 4.79. The third-order valence-corrected chi connectivity index (χ3v) is 6.71. The van der Waals surface area contributed by atoms with E-state index in [2.05, 4.69) is 10.6 Å². The predicted molar refractivity (Wildman–Crippen MR) is 138 cm³/mol. The van der Waals surface area contributed by atoms with Gasteiger partial charge in [-0.05, 0) is 48.2 Å². The van der Waals surface area contributed by atoms with Crippen LogP contribution in [-0.2, 0) is 27.5 Å². The van der Waals surface area contributed by atoms with Crippen LogP contribution in [0.3, 0.4) is 0 Å². The molecule has 4 aromatic rings. The van der Waals surface area contributed by atoms with E-state index >= 15 is 0 Å². The highest BCUT2D eigenvalue weighted by molar-refractivity contribution is 7.09. The lowest BCUT2D eigenvalue weighted by Crippen LogP contribution is -2.54. The van der Waals surface area contributed by atoms with Crippen LogP contribution < -0.4 is 15.5 Å². The van der Waals surface area contributed by atoms with Crippen molar-refractivity contribution >= 4 is 57.8 Å². The van der Waals surface area contributed by atoms with Gasteiger partial charge in [0.1, 0.15) is 12.1 Å². The lowest BCUT2D eigenvalue weighted by Gasteiger charge is -2.26.